The van der Waals surface area contributed by atoms with Gasteiger partial charge in [0, 0.05) is 5.92 Å². The molecule has 5 nitrogen and oxygen atoms in total. The number of hydrogen-bond donors (Lipinski definition) is 1. The fourth-order valence-electron chi connectivity index (χ4n) is 3.53. The fraction of sp³-hybridized carbons (Fsp3) is 0.435. The van der Waals surface area contributed by atoms with Gasteiger partial charge in [-0.3, -0.25) is 4.79 Å². The number of amides is 1. The summed E-state index contributed by atoms with van der Waals surface area (Å²) in [6.45, 7) is 2.62. The number of ether oxygens (including phenoxy) is 3. The van der Waals surface area contributed by atoms with Gasteiger partial charge >= 0.3 is 12.1 Å². The molecule has 0 radical (unpaired) electrons. The first-order valence-electron chi connectivity index (χ1n) is 10.1. The van der Waals surface area contributed by atoms with Gasteiger partial charge < -0.3 is 19.5 Å². The van der Waals surface area contributed by atoms with Gasteiger partial charge in [0.2, 0.25) is 0 Å². The van der Waals surface area contributed by atoms with Crippen LogP contribution in [0.4, 0.5) is 13.2 Å². The number of carbonyl (C=O) groups excluding carboxylic acids is 1. The monoisotopic (exact) mass is 437 g/mol. The van der Waals surface area contributed by atoms with Crippen LogP contribution in [0.25, 0.3) is 0 Å². The number of carbonyl (C=O) groups is 1. The highest BCUT2D eigenvalue weighted by atomic mass is 19.4. The Balaban J connectivity index is 1.63. The van der Waals surface area contributed by atoms with E-state index < -0.39 is 24.2 Å². The molecule has 1 aliphatic rings. The average Bonchev–Trinajstić information content (AvgIpc) is 2.75. The Bertz CT molecular complexity index is 817. The molecule has 2 aromatic carbocycles. The lowest BCUT2D eigenvalue weighted by atomic mass is 9.90. The van der Waals surface area contributed by atoms with Crippen molar-refractivity contribution in [2.45, 2.75) is 44.6 Å². The summed E-state index contributed by atoms with van der Waals surface area (Å²) in [5.41, 5.74) is 1.90. The summed E-state index contributed by atoms with van der Waals surface area (Å²) in [7, 11) is 0. The van der Waals surface area contributed by atoms with Crippen LogP contribution in [-0.2, 0) is 32.2 Å². The maximum absolute atomic E-state index is 12.8. The number of nitrogens with one attached hydrogen (secondary N) is 1. The van der Waals surface area contributed by atoms with Crippen molar-refractivity contribution in [2.24, 2.45) is 5.92 Å². The zero-order chi connectivity index (χ0) is 22.3. The van der Waals surface area contributed by atoms with Crippen molar-refractivity contribution in [3.63, 3.8) is 0 Å². The summed E-state index contributed by atoms with van der Waals surface area (Å²) in [6, 6.07) is 18.0. The van der Waals surface area contributed by atoms with Crippen LogP contribution in [0.5, 0.6) is 0 Å². The van der Waals surface area contributed by atoms with Crippen LogP contribution in [0.3, 0.4) is 0 Å². The van der Waals surface area contributed by atoms with Gasteiger partial charge in [0.05, 0.1) is 44.7 Å². The Kier molecular flexibility index (Phi) is 8.06. The van der Waals surface area contributed by atoms with Gasteiger partial charge in [-0.25, -0.2) is 0 Å². The quantitative estimate of drug-likeness (QED) is 0.681. The molecule has 0 bridgehead atoms. The molecule has 8 heteroatoms. The van der Waals surface area contributed by atoms with Gasteiger partial charge in [-0.05, 0) is 11.1 Å². The third kappa shape index (κ3) is 6.78. The second-order valence-corrected chi connectivity index (χ2v) is 7.57. The summed E-state index contributed by atoms with van der Waals surface area (Å²) < 4.78 is 55.8. The largest absolute Gasteiger partial charge is 0.471 e. The topological polar surface area (TPSA) is 56.8 Å². The van der Waals surface area contributed by atoms with E-state index in [1.807, 2.05) is 72.9 Å². The molecular formula is C23H26F3NO4. The average molecular weight is 437 g/mol. The minimum atomic E-state index is -4.97. The van der Waals surface area contributed by atoms with E-state index in [9.17, 15) is 18.0 Å². The van der Waals surface area contributed by atoms with Gasteiger partial charge in [0.15, 0.2) is 0 Å². The first-order valence-corrected chi connectivity index (χ1v) is 10.1. The molecule has 1 fully saturated rings. The number of halogens is 3. The molecule has 3 rings (SSSR count). The zero-order valence-corrected chi connectivity index (χ0v) is 17.2. The maximum Gasteiger partial charge on any atom is 0.471 e. The van der Waals surface area contributed by atoms with Crippen molar-refractivity contribution in [3.05, 3.63) is 71.8 Å². The van der Waals surface area contributed by atoms with Crippen LogP contribution in [0.15, 0.2) is 60.7 Å². The molecule has 0 unspecified atom stereocenters. The zero-order valence-electron chi connectivity index (χ0n) is 17.2. The number of alkyl halides is 3. The Morgan fingerprint density at radius 1 is 1.03 bits per heavy atom. The third-order valence-corrected chi connectivity index (χ3v) is 5.24. The van der Waals surface area contributed by atoms with E-state index in [2.05, 4.69) is 0 Å². The highest BCUT2D eigenvalue weighted by molar-refractivity contribution is 5.82. The van der Waals surface area contributed by atoms with Gasteiger partial charge in [-0.2, -0.15) is 13.2 Å². The molecule has 0 aromatic heterocycles. The Morgan fingerprint density at radius 2 is 1.61 bits per heavy atom. The highest BCUT2D eigenvalue weighted by Crippen LogP contribution is 2.27. The summed E-state index contributed by atoms with van der Waals surface area (Å²) in [5, 5.41) is 2.02. The lowest BCUT2D eigenvalue weighted by Gasteiger charge is -2.41. The van der Waals surface area contributed by atoms with Crippen LogP contribution >= 0.6 is 0 Å². The van der Waals surface area contributed by atoms with Crippen LogP contribution in [0.1, 0.15) is 18.1 Å². The third-order valence-electron chi connectivity index (χ3n) is 5.24. The number of rotatable bonds is 8. The standard InChI is InChI=1S/C23H26F3NO4/c1-16-20(15-29-12-17-8-4-2-5-9-17)30-14-19(27-22(28)23(24,25)26)21(16)31-13-18-10-6-3-7-11-18/h2-11,16,19-21H,12-15H2,1H3,(H,27,28)/t16-,19-,20+,21-/m0/s1. The summed E-state index contributed by atoms with van der Waals surface area (Å²) >= 11 is 0. The van der Waals surface area contributed by atoms with Crippen LogP contribution in [0, 0.1) is 5.92 Å². The van der Waals surface area contributed by atoms with Crippen LogP contribution < -0.4 is 5.32 Å². The van der Waals surface area contributed by atoms with E-state index in [-0.39, 0.29) is 31.8 Å². The second-order valence-electron chi connectivity index (χ2n) is 7.57. The summed E-state index contributed by atoms with van der Waals surface area (Å²) in [4.78, 5) is 11.5. The lowest BCUT2D eigenvalue weighted by molar-refractivity contribution is -0.184. The van der Waals surface area contributed by atoms with E-state index in [1.165, 1.54) is 0 Å². The van der Waals surface area contributed by atoms with E-state index in [1.54, 1.807) is 0 Å². The molecule has 1 amide bonds. The highest BCUT2D eigenvalue weighted by Gasteiger charge is 2.45. The van der Waals surface area contributed by atoms with Gasteiger partial charge in [-0.1, -0.05) is 67.6 Å². The van der Waals surface area contributed by atoms with E-state index in [0.717, 1.165) is 11.1 Å². The maximum atomic E-state index is 12.8. The molecule has 0 spiro atoms. The summed E-state index contributed by atoms with van der Waals surface area (Å²) in [6.07, 6.45) is -6.00. The van der Waals surface area contributed by atoms with E-state index in [0.29, 0.717) is 6.61 Å². The molecule has 0 aliphatic carbocycles. The lowest BCUT2D eigenvalue weighted by Crippen LogP contribution is -2.59. The van der Waals surface area contributed by atoms with Gasteiger partial charge in [0.25, 0.3) is 0 Å². The van der Waals surface area contributed by atoms with Gasteiger partial charge in [-0.15, -0.1) is 0 Å². The molecule has 0 saturated carbocycles. The molecule has 1 N–H and O–H groups in total. The molecule has 1 aliphatic heterocycles. The Morgan fingerprint density at radius 3 is 2.19 bits per heavy atom. The first kappa shape index (κ1) is 23.2. The first-order chi connectivity index (χ1) is 14.8. The van der Waals surface area contributed by atoms with Crippen molar-refractivity contribution in [2.75, 3.05) is 13.2 Å². The second kappa shape index (κ2) is 10.7. The molecule has 168 valence electrons. The van der Waals surface area contributed by atoms with Crippen LogP contribution in [-0.4, -0.2) is 43.5 Å². The van der Waals surface area contributed by atoms with E-state index in [4.69, 9.17) is 14.2 Å². The molecule has 2 aromatic rings. The minimum Gasteiger partial charge on any atom is -0.374 e. The van der Waals surface area contributed by atoms with Gasteiger partial charge in [0.1, 0.15) is 0 Å². The van der Waals surface area contributed by atoms with Crippen molar-refractivity contribution in [1.82, 2.24) is 5.32 Å². The predicted molar refractivity (Wildman–Crippen MR) is 108 cm³/mol. The molecular weight excluding hydrogens is 411 g/mol. The van der Waals surface area contributed by atoms with Crippen molar-refractivity contribution < 1.29 is 32.2 Å². The molecule has 31 heavy (non-hydrogen) atoms. The summed E-state index contributed by atoms with van der Waals surface area (Å²) in [5.74, 6) is -2.30. The SMILES string of the molecule is C[C@@H]1[C@H](OCc2ccccc2)[C@@H](NC(=O)C(F)(F)F)CO[C@@H]1COCc1ccccc1. The predicted octanol–water partition coefficient (Wildman–Crippen LogP) is 3.87. The molecule has 1 saturated heterocycles. The number of benzene rings is 2. The van der Waals surface area contributed by atoms with Crippen molar-refractivity contribution in [3.8, 4) is 0 Å². The smallest absolute Gasteiger partial charge is 0.374 e. The normalized spacial score (nSPS) is 24.0. The Hall–Kier alpha value is -2.42. The number of hydrogen-bond acceptors (Lipinski definition) is 4. The molecule has 1 heterocycles. The fourth-order valence-corrected chi connectivity index (χ4v) is 3.53. The minimum absolute atomic E-state index is 0.0923. The Labute approximate surface area is 179 Å². The van der Waals surface area contributed by atoms with E-state index >= 15 is 0 Å². The van der Waals surface area contributed by atoms with Crippen molar-refractivity contribution in [1.29, 1.82) is 0 Å². The molecule has 4 atom stereocenters. The van der Waals surface area contributed by atoms with Crippen LogP contribution in [0.2, 0.25) is 0 Å². The van der Waals surface area contributed by atoms with Crippen molar-refractivity contribution >= 4 is 5.91 Å².